The molecule has 96 valence electrons. The van der Waals surface area contributed by atoms with Crippen molar-refractivity contribution in [3.8, 4) is 0 Å². The summed E-state index contributed by atoms with van der Waals surface area (Å²) in [7, 11) is 1.69. The van der Waals surface area contributed by atoms with Gasteiger partial charge in [0.2, 0.25) is 0 Å². The quantitative estimate of drug-likeness (QED) is 0.698. The standard InChI is InChI=1S/C15H24O2/c1-11(2)7-10-15(12(3)16)13(17-6)8-9-14(15,4)5/h7,10,13H,1,8-9H2,2-6H3/b10-7+/t13-,15+/m1/s1. The minimum atomic E-state index is -0.513. The van der Waals surface area contributed by atoms with Crippen LogP contribution < -0.4 is 0 Å². The molecule has 0 aromatic carbocycles. The van der Waals surface area contributed by atoms with Gasteiger partial charge >= 0.3 is 0 Å². The van der Waals surface area contributed by atoms with E-state index in [4.69, 9.17) is 4.74 Å². The number of methoxy groups -OCH3 is 1. The minimum absolute atomic E-state index is 0.0226. The molecule has 1 aliphatic rings. The van der Waals surface area contributed by atoms with E-state index in [1.54, 1.807) is 14.0 Å². The summed E-state index contributed by atoms with van der Waals surface area (Å²) >= 11 is 0. The van der Waals surface area contributed by atoms with Crippen LogP contribution in [-0.2, 0) is 9.53 Å². The third kappa shape index (κ3) is 2.23. The summed E-state index contributed by atoms with van der Waals surface area (Å²) in [5.41, 5.74) is 0.384. The number of allylic oxidation sites excluding steroid dienone is 2. The third-order valence-corrected chi connectivity index (χ3v) is 4.16. The second-order valence-corrected chi connectivity index (χ2v) is 5.75. The Balaban J connectivity index is 3.28. The second-order valence-electron chi connectivity index (χ2n) is 5.75. The average molecular weight is 236 g/mol. The van der Waals surface area contributed by atoms with Crippen LogP contribution in [0.4, 0.5) is 0 Å². The van der Waals surface area contributed by atoms with Crippen LogP contribution in [0.15, 0.2) is 24.3 Å². The maximum absolute atomic E-state index is 12.2. The van der Waals surface area contributed by atoms with E-state index >= 15 is 0 Å². The molecule has 0 aromatic rings. The van der Waals surface area contributed by atoms with Crippen molar-refractivity contribution in [2.75, 3.05) is 7.11 Å². The van der Waals surface area contributed by atoms with E-state index in [0.29, 0.717) is 0 Å². The zero-order valence-electron chi connectivity index (χ0n) is 11.7. The van der Waals surface area contributed by atoms with E-state index in [-0.39, 0.29) is 17.3 Å². The zero-order valence-corrected chi connectivity index (χ0v) is 11.7. The van der Waals surface area contributed by atoms with Crippen molar-refractivity contribution in [3.63, 3.8) is 0 Å². The topological polar surface area (TPSA) is 26.3 Å². The molecule has 0 unspecified atom stereocenters. The Morgan fingerprint density at radius 2 is 2.00 bits per heavy atom. The second kappa shape index (κ2) is 4.77. The van der Waals surface area contributed by atoms with Crippen molar-refractivity contribution >= 4 is 5.78 Å². The van der Waals surface area contributed by atoms with Gasteiger partial charge in [-0.1, -0.05) is 38.2 Å². The predicted molar refractivity (Wildman–Crippen MR) is 70.9 cm³/mol. The number of hydrogen-bond donors (Lipinski definition) is 0. The van der Waals surface area contributed by atoms with Gasteiger partial charge in [0.15, 0.2) is 0 Å². The first kappa shape index (κ1) is 14.2. The van der Waals surface area contributed by atoms with E-state index in [1.165, 1.54) is 0 Å². The van der Waals surface area contributed by atoms with Crippen LogP contribution in [0.5, 0.6) is 0 Å². The lowest BCUT2D eigenvalue weighted by Gasteiger charge is -2.40. The van der Waals surface area contributed by atoms with Crippen LogP contribution in [0.3, 0.4) is 0 Å². The molecule has 2 nitrogen and oxygen atoms in total. The van der Waals surface area contributed by atoms with Crippen LogP contribution in [0.1, 0.15) is 40.5 Å². The van der Waals surface area contributed by atoms with E-state index in [2.05, 4.69) is 20.4 Å². The van der Waals surface area contributed by atoms with E-state index in [0.717, 1.165) is 18.4 Å². The lowest BCUT2D eigenvalue weighted by molar-refractivity contribution is -0.135. The molecule has 1 saturated carbocycles. The van der Waals surface area contributed by atoms with Crippen molar-refractivity contribution in [1.82, 2.24) is 0 Å². The molecule has 0 heterocycles. The van der Waals surface area contributed by atoms with Gasteiger partial charge in [-0.3, -0.25) is 4.79 Å². The first-order valence-electron chi connectivity index (χ1n) is 6.16. The molecule has 0 amide bonds. The summed E-state index contributed by atoms with van der Waals surface area (Å²) in [4.78, 5) is 12.2. The Morgan fingerprint density at radius 3 is 2.41 bits per heavy atom. The maximum atomic E-state index is 12.2. The van der Waals surface area contributed by atoms with E-state index in [9.17, 15) is 4.79 Å². The molecule has 2 heteroatoms. The Bertz CT molecular complexity index is 352. The Labute approximate surface area is 105 Å². The van der Waals surface area contributed by atoms with E-state index in [1.807, 2.05) is 19.1 Å². The number of carbonyl (C=O) groups excluding carboxylic acids is 1. The van der Waals surface area contributed by atoms with Gasteiger partial charge in [0, 0.05) is 7.11 Å². The number of ketones is 1. The fourth-order valence-electron chi connectivity index (χ4n) is 3.09. The fraction of sp³-hybridized carbons (Fsp3) is 0.667. The molecule has 0 aliphatic heterocycles. The lowest BCUT2D eigenvalue weighted by atomic mass is 9.64. The highest BCUT2D eigenvalue weighted by molar-refractivity contribution is 5.86. The first-order valence-corrected chi connectivity index (χ1v) is 6.16. The van der Waals surface area contributed by atoms with Crippen LogP contribution in [-0.4, -0.2) is 19.0 Å². The van der Waals surface area contributed by atoms with Gasteiger partial charge in [-0.15, -0.1) is 0 Å². The molecular weight excluding hydrogens is 212 g/mol. The molecule has 0 aromatic heterocycles. The molecule has 1 rings (SSSR count). The van der Waals surface area contributed by atoms with Crippen LogP contribution >= 0.6 is 0 Å². The smallest absolute Gasteiger partial charge is 0.142 e. The number of Topliss-reactive ketones (excluding diaryl/α,β-unsaturated/α-hetero) is 1. The molecule has 0 N–H and O–H groups in total. The Hall–Kier alpha value is -0.890. The number of hydrogen-bond acceptors (Lipinski definition) is 2. The number of ether oxygens (including phenoxy) is 1. The van der Waals surface area contributed by atoms with Crippen LogP contribution in [0.2, 0.25) is 0 Å². The van der Waals surface area contributed by atoms with Crippen molar-refractivity contribution in [2.24, 2.45) is 10.8 Å². The van der Waals surface area contributed by atoms with Crippen molar-refractivity contribution < 1.29 is 9.53 Å². The zero-order chi connectivity index (χ0) is 13.3. The van der Waals surface area contributed by atoms with Crippen molar-refractivity contribution in [2.45, 2.75) is 46.6 Å². The molecule has 0 bridgehead atoms. The van der Waals surface area contributed by atoms with Crippen LogP contribution in [0, 0.1) is 10.8 Å². The number of rotatable bonds is 4. The number of carbonyl (C=O) groups is 1. The molecule has 1 aliphatic carbocycles. The summed E-state index contributed by atoms with van der Waals surface area (Å²) in [6, 6.07) is 0. The minimum Gasteiger partial charge on any atom is -0.380 e. The third-order valence-electron chi connectivity index (χ3n) is 4.16. The fourth-order valence-corrected chi connectivity index (χ4v) is 3.09. The van der Waals surface area contributed by atoms with Crippen molar-refractivity contribution in [3.05, 3.63) is 24.3 Å². The van der Waals surface area contributed by atoms with Gasteiger partial charge in [0.05, 0.1) is 11.5 Å². The summed E-state index contributed by atoms with van der Waals surface area (Å²) in [6.45, 7) is 11.8. The highest BCUT2D eigenvalue weighted by atomic mass is 16.5. The van der Waals surface area contributed by atoms with Gasteiger partial charge in [0.25, 0.3) is 0 Å². The predicted octanol–water partition coefficient (Wildman–Crippen LogP) is 3.53. The molecule has 2 atom stereocenters. The first-order chi connectivity index (χ1) is 7.78. The normalized spacial score (nSPS) is 31.9. The van der Waals surface area contributed by atoms with Crippen LogP contribution in [0.25, 0.3) is 0 Å². The highest BCUT2D eigenvalue weighted by Gasteiger charge is 2.57. The highest BCUT2D eigenvalue weighted by Crippen LogP contribution is 2.55. The molecule has 0 spiro atoms. The van der Waals surface area contributed by atoms with Gasteiger partial charge in [0.1, 0.15) is 5.78 Å². The Morgan fingerprint density at radius 1 is 1.41 bits per heavy atom. The molecule has 0 saturated heterocycles. The van der Waals surface area contributed by atoms with Gasteiger partial charge in [-0.05, 0) is 32.1 Å². The molecule has 17 heavy (non-hydrogen) atoms. The van der Waals surface area contributed by atoms with Crippen molar-refractivity contribution in [1.29, 1.82) is 0 Å². The monoisotopic (exact) mass is 236 g/mol. The Kier molecular flexibility index (Phi) is 3.98. The molecule has 0 radical (unpaired) electrons. The maximum Gasteiger partial charge on any atom is 0.142 e. The van der Waals surface area contributed by atoms with Gasteiger partial charge < -0.3 is 4.74 Å². The van der Waals surface area contributed by atoms with E-state index < -0.39 is 5.41 Å². The van der Waals surface area contributed by atoms with Gasteiger partial charge in [-0.25, -0.2) is 0 Å². The molecular formula is C15H24O2. The van der Waals surface area contributed by atoms with Gasteiger partial charge in [-0.2, -0.15) is 0 Å². The SMILES string of the molecule is C=C(C)/C=C/[C@]1(C(C)=O)[C@H](OC)CCC1(C)C. The lowest BCUT2D eigenvalue weighted by Crippen LogP contribution is -2.45. The summed E-state index contributed by atoms with van der Waals surface area (Å²) in [6.07, 6.45) is 5.87. The average Bonchev–Trinajstić information content (AvgIpc) is 2.47. The summed E-state index contributed by atoms with van der Waals surface area (Å²) in [5, 5.41) is 0. The largest absolute Gasteiger partial charge is 0.380 e. The summed E-state index contributed by atoms with van der Waals surface area (Å²) in [5.74, 6) is 0.185. The molecule has 1 fully saturated rings. The summed E-state index contributed by atoms with van der Waals surface area (Å²) < 4.78 is 5.55.